The number of aromatic nitrogens is 2. The van der Waals surface area contributed by atoms with Crippen molar-refractivity contribution in [2.75, 3.05) is 6.61 Å². The van der Waals surface area contributed by atoms with Crippen molar-refractivity contribution >= 4 is 5.91 Å². The molecule has 1 aromatic heterocycles. The number of benzene rings is 2. The van der Waals surface area contributed by atoms with Crippen LogP contribution in [0.4, 0.5) is 0 Å². The average molecular weight is 393 g/mol. The number of hydrogen-bond donors (Lipinski definition) is 1. The van der Waals surface area contributed by atoms with Gasteiger partial charge in [-0.05, 0) is 42.7 Å². The van der Waals surface area contributed by atoms with E-state index in [1.165, 1.54) is 0 Å². The van der Waals surface area contributed by atoms with E-state index in [0.29, 0.717) is 44.2 Å². The molecular formula is C23H27N3O3. The van der Waals surface area contributed by atoms with Gasteiger partial charge in [0.25, 0.3) is 0 Å². The third-order valence-electron chi connectivity index (χ3n) is 4.44. The summed E-state index contributed by atoms with van der Waals surface area (Å²) in [5.41, 5.74) is 1.92. The van der Waals surface area contributed by atoms with Gasteiger partial charge in [0, 0.05) is 24.9 Å². The summed E-state index contributed by atoms with van der Waals surface area (Å²) in [6.07, 6.45) is 3.78. The summed E-state index contributed by atoms with van der Waals surface area (Å²) in [6.45, 7) is 3.34. The van der Waals surface area contributed by atoms with Crippen LogP contribution in [0.15, 0.2) is 59.0 Å². The van der Waals surface area contributed by atoms with E-state index >= 15 is 0 Å². The number of nitrogens with zero attached hydrogens (tertiary/aromatic N) is 2. The number of aryl methyl sites for hydroxylation is 1. The summed E-state index contributed by atoms with van der Waals surface area (Å²) in [5.74, 6) is 1.90. The zero-order chi connectivity index (χ0) is 20.3. The first-order valence-corrected chi connectivity index (χ1v) is 10.1. The molecule has 0 bridgehead atoms. The number of nitrogens with one attached hydrogen (secondary N) is 1. The average Bonchev–Trinajstić information content (AvgIpc) is 3.22. The summed E-state index contributed by atoms with van der Waals surface area (Å²) in [5, 5.41) is 11.1. The van der Waals surface area contributed by atoms with Gasteiger partial charge in [-0.1, -0.05) is 43.7 Å². The zero-order valence-electron chi connectivity index (χ0n) is 16.8. The maximum atomic E-state index is 12.1. The minimum absolute atomic E-state index is 0.00472. The van der Waals surface area contributed by atoms with E-state index in [4.69, 9.17) is 9.15 Å². The topological polar surface area (TPSA) is 77.2 Å². The van der Waals surface area contributed by atoms with Gasteiger partial charge in [-0.2, -0.15) is 0 Å². The van der Waals surface area contributed by atoms with Gasteiger partial charge >= 0.3 is 0 Å². The summed E-state index contributed by atoms with van der Waals surface area (Å²) >= 11 is 0. The highest BCUT2D eigenvalue weighted by Gasteiger charge is 2.09. The van der Waals surface area contributed by atoms with Gasteiger partial charge in [-0.3, -0.25) is 4.79 Å². The quantitative estimate of drug-likeness (QED) is 0.484. The van der Waals surface area contributed by atoms with Gasteiger partial charge in [-0.25, -0.2) is 0 Å². The van der Waals surface area contributed by atoms with Crippen molar-refractivity contribution in [3.8, 4) is 17.2 Å². The van der Waals surface area contributed by atoms with E-state index < -0.39 is 0 Å². The second-order valence-electron chi connectivity index (χ2n) is 6.85. The number of rotatable bonds is 11. The van der Waals surface area contributed by atoms with Crippen LogP contribution < -0.4 is 10.1 Å². The van der Waals surface area contributed by atoms with Crippen molar-refractivity contribution < 1.29 is 13.9 Å². The van der Waals surface area contributed by atoms with Crippen LogP contribution in [0, 0.1) is 0 Å². The highest BCUT2D eigenvalue weighted by atomic mass is 16.5. The summed E-state index contributed by atoms with van der Waals surface area (Å²) in [7, 11) is 0. The maximum Gasteiger partial charge on any atom is 0.247 e. The molecule has 152 valence electrons. The second-order valence-corrected chi connectivity index (χ2v) is 6.85. The van der Waals surface area contributed by atoms with Crippen LogP contribution in [-0.4, -0.2) is 22.7 Å². The lowest BCUT2D eigenvalue weighted by Gasteiger charge is -2.08. The molecule has 6 heteroatoms. The number of amides is 1. The predicted molar refractivity (Wildman–Crippen MR) is 111 cm³/mol. The summed E-state index contributed by atoms with van der Waals surface area (Å²) in [4.78, 5) is 12.1. The van der Waals surface area contributed by atoms with Gasteiger partial charge in [0.15, 0.2) is 0 Å². The molecule has 0 atom stereocenters. The lowest BCUT2D eigenvalue weighted by Crippen LogP contribution is -2.22. The van der Waals surface area contributed by atoms with Crippen LogP contribution in [-0.2, 0) is 17.8 Å². The van der Waals surface area contributed by atoms with Crippen molar-refractivity contribution in [1.82, 2.24) is 15.5 Å². The molecule has 0 unspecified atom stereocenters. The Morgan fingerprint density at radius 2 is 1.93 bits per heavy atom. The van der Waals surface area contributed by atoms with E-state index in [9.17, 15) is 4.79 Å². The van der Waals surface area contributed by atoms with Crippen LogP contribution in [0.1, 0.15) is 44.1 Å². The molecule has 0 aliphatic heterocycles. The molecule has 0 aliphatic rings. The summed E-state index contributed by atoms with van der Waals surface area (Å²) in [6, 6.07) is 17.5. The highest BCUT2D eigenvalue weighted by Crippen LogP contribution is 2.18. The number of ether oxygens (including phenoxy) is 1. The molecule has 6 nitrogen and oxygen atoms in total. The second kappa shape index (κ2) is 11.0. The number of carbonyl (C=O) groups excluding carboxylic acids is 1. The van der Waals surface area contributed by atoms with E-state index in [1.807, 2.05) is 54.6 Å². The van der Waals surface area contributed by atoms with E-state index in [0.717, 1.165) is 29.7 Å². The number of unbranched alkanes of at least 4 members (excludes halogenated alkanes) is 1. The fourth-order valence-electron chi connectivity index (χ4n) is 2.82. The van der Waals surface area contributed by atoms with E-state index in [-0.39, 0.29) is 5.91 Å². The van der Waals surface area contributed by atoms with Crippen LogP contribution in [0.3, 0.4) is 0 Å². The smallest absolute Gasteiger partial charge is 0.247 e. The van der Waals surface area contributed by atoms with Crippen molar-refractivity contribution in [3.63, 3.8) is 0 Å². The lowest BCUT2D eigenvalue weighted by atomic mass is 10.2. The maximum absolute atomic E-state index is 12.1. The van der Waals surface area contributed by atoms with Crippen molar-refractivity contribution in [3.05, 3.63) is 66.1 Å². The molecule has 0 fully saturated rings. The number of carbonyl (C=O) groups is 1. The molecular weight excluding hydrogens is 366 g/mol. The normalized spacial score (nSPS) is 10.7. The molecule has 0 spiro atoms. The largest absolute Gasteiger partial charge is 0.494 e. The third kappa shape index (κ3) is 6.75. The SMILES string of the molecule is CCCCOc1cccc(CNC(=O)CCCc2nnc(-c3ccccc3)o2)c1. The molecule has 1 heterocycles. The van der Waals surface area contributed by atoms with Crippen molar-refractivity contribution in [2.24, 2.45) is 0 Å². The molecule has 3 rings (SSSR count). The van der Waals surface area contributed by atoms with Gasteiger partial charge in [0.1, 0.15) is 5.75 Å². The van der Waals surface area contributed by atoms with E-state index in [1.54, 1.807) is 0 Å². The summed E-state index contributed by atoms with van der Waals surface area (Å²) < 4.78 is 11.4. The van der Waals surface area contributed by atoms with Crippen LogP contribution >= 0.6 is 0 Å². The van der Waals surface area contributed by atoms with Crippen LogP contribution in [0.2, 0.25) is 0 Å². The Labute approximate surface area is 171 Å². The first-order valence-electron chi connectivity index (χ1n) is 10.1. The van der Waals surface area contributed by atoms with Crippen LogP contribution in [0.25, 0.3) is 11.5 Å². The fourth-order valence-corrected chi connectivity index (χ4v) is 2.82. The zero-order valence-corrected chi connectivity index (χ0v) is 16.8. The fraction of sp³-hybridized carbons (Fsp3) is 0.348. The van der Waals surface area contributed by atoms with Crippen molar-refractivity contribution in [2.45, 2.75) is 45.6 Å². The standard InChI is InChI=1S/C23H27N3O3/c1-2-3-15-28-20-12-7-9-18(16-20)17-24-21(27)13-8-14-22-25-26-23(29-22)19-10-5-4-6-11-19/h4-7,9-12,16H,2-3,8,13-15,17H2,1H3,(H,24,27). The lowest BCUT2D eigenvalue weighted by molar-refractivity contribution is -0.121. The van der Waals surface area contributed by atoms with Gasteiger partial charge < -0.3 is 14.5 Å². The third-order valence-corrected chi connectivity index (χ3v) is 4.44. The van der Waals surface area contributed by atoms with Crippen LogP contribution in [0.5, 0.6) is 5.75 Å². The molecule has 0 saturated heterocycles. The molecule has 1 amide bonds. The molecule has 2 aromatic carbocycles. The Kier molecular flexibility index (Phi) is 7.81. The van der Waals surface area contributed by atoms with Crippen molar-refractivity contribution in [1.29, 1.82) is 0 Å². The predicted octanol–water partition coefficient (Wildman–Crippen LogP) is 4.55. The molecule has 0 radical (unpaired) electrons. The first-order chi connectivity index (χ1) is 14.2. The first kappa shape index (κ1) is 20.6. The Bertz CT molecular complexity index is 893. The minimum atomic E-state index is 0.00472. The molecule has 3 aromatic rings. The van der Waals surface area contributed by atoms with Gasteiger partial charge in [0.05, 0.1) is 6.61 Å². The molecule has 1 N–H and O–H groups in total. The minimum Gasteiger partial charge on any atom is -0.494 e. The molecule has 0 saturated carbocycles. The van der Waals surface area contributed by atoms with Gasteiger partial charge in [0.2, 0.25) is 17.7 Å². The van der Waals surface area contributed by atoms with Gasteiger partial charge in [-0.15, -0.1) is 10.2 Å². The monoisotopic (exact) mass is 393 g/mol. The van der Waals surface area contributed by atoms with E-state index in [2.05, 4.69) is 22.4 Å². The Balaban J connectivity index is 1.38. The Hall–Kier alpha value is -3.15. The molecule has 0 aliphatic carbocycles. The molecule has 29 heavy (non-hydrogen) atoms. The number of hydrogen-bond acceptors (Lipinski definition) is 5. The highest BCUT2D eigenvalue weighted by molar-refractivity contribution is 5.75. The Morgan fingerprint density at radius 1 is 1.07 bits per heavy atom. The Morgan fingerprint density at radius 3 is 2.76 bits per heavy atom.